The van der Waals surface area contributed by atoms with Crippen molar-refractivity contribution in [2.24, 2.45) is 0 Å². The van der Waals surface area contributed by atoms with Crippen molar-refractivity contribution in [2.75, 3.05) is 19.8 Å². The summed E-state index contributed by atoms with van der Waals surface area (Å²) in [7, 11) is 0. The van der Waals surface area contributed by atoms with Crippen molar-refractivity contribution >= 4 is 122 Å². The van der Waals surface area contributed by atoms with Crippen LogP contribution in [-0.4, -0.2) is 122 Å². The molecule has 0 spiro atoms. The second-order valence-corrected chi connectivity index (χ2v) is 15.6. The Labute approximate surface area is 410 Å². The predicted molar refractivity (Wildman–Crippen MR) is 235 cm³/mol. The molecule has 0 N–H and O–H groups in total. The van der Waals surface area contributed by atoms with E-state index in [4.69, 9.17) is 50.9 Å². The third kappa shape index (κ3) is 34.8. The first kappa shape index (κ1) is 67.8. The van der Waals surface area contributed by atoms with Crippen LogP contribution in [0, 0.1) is 0 Å². The molecule has 0 aromatic heterocycles. The summed E-state index contributed by atoms with van der Waals surface area (Å²) in [6.07, 6.45) is 16.2. The molecule has 0 fully saturated rings. The third-order valence-electron chi connectivity index (χ3n) is 9.34. The largest absolute Gasteiger partial charge is 3.00 e. The Morgan fingerprint density at radius 3 is 0.712 bits per heavy atom. The second kappa shape index (κ2) is 43.0. The van der Waals surface area contributed by atoms with Crippen LogP contribution in [0.25, 0.3) is 0 Å². The molecule has 17 heteroatoms. The number of hydrogen-bond acceptors (Lipinski definition) is 15. The minimum absolute atomic E-state index is 0. The second-order valence-electron chi connectivity index (χ2n) is 14.5. The van der Waals surface area contributed by atoms with E-state index in [2.05, 4.69) is 20.8 Å². The van der Waals surface area contributed by atoms with Gasteiger partial charge in [-0.1, -0.05) is 175 Å². The zero-order chi connectivity index (χ0) is 44.2. The average Bonchev–Trinajstić information content (AvgIpc) is 3.13. The smallest absolute Gasteiger partial charge is 0.866 e. The van der Waals surface area contributed by atoms with E-state index < -0.39 is 69.1 Å². The van der Waals surface area contributed by atoms with Gasteiger partial charge in [0.25, 0.3) is 0 Å². The molecule has 0 aliphatic carbocycles. The Morgan fingerprint density at radius 1 is 0.373 bits per heavy atom. The van der Waals surface area contributed by atoms with Gasteiger partial charge in [-0.2, -0.15) is 0 Å². The normalized spacial score (nSPS) is 13.5. The molecule has 4 radical (unpaired) electrons. The Bertz CT molecular complexity index is 988. The first-order valence-electron chi connectivity index (χ1n) is 21.1. The van der Waals surface area contributed by atoms with Gasteiger partial charge in [0.05, 0.1) is 16.8 Å². The topological polar surface area (TPSA) is 217 Å². The van der Waals surface area contributed by atoms with E-state index in [1.54, 1.807) is 0 Å². The molecule has 0 aromatic carbocycles. The quantitative estimate of drug-likeness (QED) is 0.0500. The minimum atomic E-state index is -1.36. The molecule has 3 atom stereocenters. The van der Waals surface area contributed by atoms with Crippen molar-refractivity contribution in [3.05, 3.63) is 0 Å². The van der Waals surface area contributed by atoms with Gasteiger partial charge in [-0.3, -0.25) is 0 Å². The van der Waals surface area contributed by atoms with E-state index in [-0.39, 0.29) is 52.4 Å². The summed E-state index contributed by atoms with van der Waals surface area (Å²) in [4.78, 5) is 32.6. The van der Waals surface area contributed by atoms with Crippen molar-refractivity contribution in [1.29, 1.82) is 0 Å². The molecule has 12 nitrogen and oxygen atoms in total. The van der Waals surface area contributed by atoms with E-state index in [0.29, 0.717) is 39.1 Å². The maximum atomic E-state index is 11.7. The van der Waals surface area contributed by atoms with Gasteiger partial charge in [0.15, 0.2) is 0 Å². The number of aliphatic carboxylic acids is 3. The maximum absolute atomic E-state index is 11.7. The summed E-state index contributed by atoms with van der Waals surface area (Å²) in [5.41, 5.74) is -4.09. The molecule has 59 heavy (non-hydrogen) atoms. The van der Waals surface area contributed by atoms with Crippen LogP contribution in [0.15, 0.2) is 0 Å². The molecule has 0 aromatic rings. The summed E-state index contributed by atoms with van der Waals surface area (Å²) in [6, 6.07) is 0. The minimum Gasteiger partial charge on any atom is -0.866 e. The van der Waals surface area contributed by atoms with E-state index in [1.807, 2.05) is 20.8 Å². The van der Waals surface area contributed by atoms with Crippen LogP contribution >= 0.6 is 36.7 Å². The molecule has 0 bridgehead atoms. The van der Waals surface area contributed by atoms with Gasteiger partial charge in [0, 0.05) is 57.0 Å². The first-order valence-corrected chi connectivity index (χ1v) is 22.3. The maximum Gasteiger partial charge on any atom is 3.00 e. The van der Waals surface area contributed by atoms with E-state index in [1.165, 1.54) is 0 Å². The molecule has 0 aliphatic rings. The van der Waals surface area contributed by atoms with Crippen LogP contribution in [0.1, 0.15) is 196 Å². The number of unbranched alkanes of at least 4 members (excludes halogenated alkanes) is 12. The van der Waals surface area contributed by atoms with Crippen LogP contribution in [0.5, 0.6) is 0 Å². The van der Waals surface area contributed by atoms with Crippen LogP contribution in [-0.2, 0) is 28.6 Å². The molecule has 340 valence electrons. The number of hydrogen-bond donors (Lipinski definition) is 0. The van der Waals surface area contributed by atoms with Crippen molar-refractivity contribution in [2.45, 2.75) is 212 Å². The number of carbonyl (C=O) groups is 3. The van der Waals surface area contributed by atoms with E-state index in [0.717, 1.165) is 116 Å². The zero-order valence-electron chi connectivity index (χ0n) is 36.6. The molecule has 0 heterocycles. The fraction of sp³-hybridized carbons (Fsp3) is 0.857. The monoisotopic (exact) mass is 1280 g/mol. The van der Waals surface area contributed by atoms with Gasteiger partial charge >= 0.3 is 52.4 Å². The number of rotatable bonds is 36. The Kier molecular flexibility index (Phi) is 49.4. The van der Waals surface area contributed by atoms with Gasteiger partial charge in [0.2, 0.25) is 0 Å². The van der Waals surface area contributed by atoms with Gasteiger partial charge in [-0.15, -0.1) is 0 Å². The Morgan fingerprint density at radius 2 is 0.559 bits per heavy atom. The predicted octanol–water partition coefficient (Wildman–Crippen LogP) is 3.26. The number of carbonyl (C=O) groups excluding carboxylic acids is 3. The number of carboxylic acid groups (broad SMARTS) is 3. The van der Waals surface area contributed by atoms with Crippen molar-refractivity contribution in [3.8, 4) is 0 Å². The molecule has 0 saturated carbocycles. The van der Waals surface area contributed by atoms with Gasteiger partial charge in [0.1, 0.15) is 0 Å². The summed E-state index contributed by atoms with van der Waals surface area (Å²) in [6.45, 7) is 13.4. The Hall–Kier alpha value is -0.274. The van der Waals surface area contributed by atoms with Crippen LogP contribution in [0.2, 0.25) is 0 Å². The molecular weight excluding hydrogens is 1210 g/mol. The van der Waals surface area contributed by atoms with Crippen molar-refractivity contribution in [3.63, 3.8) is 0 Å². The molecule has 0 rings (SSSR count). The summed E-state index contributed by atoms with van der Waals surface area (Å²) < 4.78 is 16.7. The first-order chi connectivity index (χ1) is 26.9. The molecule has 0 saturated heterocycles. The van der Waals surface area contributed by atoms with E-state index >= 15 is 0 Å². The third-order valence-corrected chi connectivity index (χ3v) is 10.5. The zero-order valence-corrected chi connectivity index (χ0v) is 46.0. The van der Waals surface area contributed by atoms with Crippen molar-refractivity contribution < 1.29 is 59.2 Å². The van der Waals surface area contributed by atoms with Gasteiger partial charge in [-0.25, -0.2) is 0 Å². The van der Waals surface area contributed by atoms with E-state index in [9.17, 15) is 45.0 Å². The summed E-state index contributed by atoms with van der Waals surface area (Å²) >= 11 is 14.1. The standard InChI is InChI=1S/3C14H26O4S.2Bi/c3*1-3-5-7-9-14(13(17)19,11-12(15)16)18-10-8-6-4-2;;/h3*3-11H2,1-2H3,(H,15,16)(H,17,19);;/q;;;2*+3/p-6. The van der Waals surface area contributed by atoms with Gasteiger partial charge < -0.3 is 59.2 Å². The van der Waals surface area contributed by atoms with Crippen molar-refractivity contribution in [1.82, 2.24) is 0 Å². The molecule has 3 unspecified atom stereocenters. The molecule has 0 amide bonds. The molecule has 0 aliphatic heterocycles. The molecular formula is C42H72Bi2O12S3. The Balaban J connectivity index is -0.000000243. The summed E-state index contributed by atoms with van der Waals surface area (Å²) in [5, 5.41) is 65.7. The van der Waals surface area contributed by atoms with Crippen LogP contribution < -0.4 is 30.6 Å². The fourth-order valence-electron chi connectivity index (χ4n) is 5.87. The average molecular weight is 1280 g/mol. The fourth-order valence-corrected chi connectivity index (χ4v) is 6.57. The number of carboxylic acids is 3. The van der Waals surface area contributed by atoms with Crippen LogP contribution in [0.3, 0.4) is 0 Å². The number of ether oxygens (including phenoxy) is 3. The van der Waals surface area contributed by atoms with Crippen LogP contribution in [0.4, 0.5) is 0 Å². The number of thiocarbonyl (C=S) groups is 3. The van der Waals surface area contributed by atoms with Gasteiger partial charge in [-0.05, 0) is 53.7 Å². The SMILES string of the molecule is CCCCCOC(CCCCC)(CC(=O)[O-])C([O-])=S.CCCCCOC(CCCCC)(CC(=O)[O-])C([O-])=S.CCCCCOC(CCCCC)(CC(=O)[O-])C([O-])=S.[Bi+3].[Bi+3]. The summed E-state index contributed by atoms with van der Waals surface area (Å²) in [5.74, 6) is -3.86.